The SMILES string of the molecule is ClCC(Cl)SC(Cl)CCl. The molecule has 5 heteroatoms. The summed E-state index contributed by atoms with van der Waals surface area (Å²) in [6.45, 7) is 0. The summed E-state index contributed by atoms with van der Waals surface area (Å²) in [5.41, 5.74) is 0. The fraction of sp³-hybridized carbons (Fsp3) is 1.00. The van der Waals surface area contributed by atoms with Crippen LogP contribution in [0.2, 0.25) is 0 Å². The smallest absolute Gasteiger partial charge is 0.0938 e. The van der Waals surface area contributed by atoms with Crippen molar-refractivity contribution < 1.29 is 0 Å². The van der Waals surface area contributed by atoms with E-state index in [4.69, 9.17) is 46.4 Å². The van der Waals surface area contributed by atoms with E-state index in [2.05, 4.69) is 0 Å². The maximum absolute atomic E-state index is 5.63. The van der Waals surface area contributed by atoms with Crippen molar-refractivity contribution in [1.82, 2.24) is 0 Å². The molecule has 0 saturated carbocycles. The Kier molecular flexibility index (Phi) is 7.28. The summed E-state index contributed by atoms with van der Waals surface area (Å²) in [5.74, 6) is 0.790. The molecule has 0 amide bonds. The van der Waals surface area contributed by atoms with Gasteiger partial charge in [0.2, 0.25) is 0 Å². The Morgan fingerprint density at radius 2 is 1.33 bits per heavy atom. The lowest BCUT2D eigenvalue weighted by molar-refractivity contribution is 1.35. The fourth-order valence-corrected chi connectivity index (χ4v) is 2.04. The minimum Gasteiger partial charge on any atom is -0.124 e. The zero-order chi connectivity index (χ0) is 7.28. The lowest BCUT2D eigenvalue weighted by Gasteiger charge is -2.07. The van der Waals surface area contributed by atoms with Gasteiger partial charge >= 0.3 is 0 Å². The number of rotatable bonds is 4. The Balaban J connectivity index is 3.22. The second-order valence-corrected chi connectivity index (χ2v) is 4.86. The first kappa shape index (κ1) is 10.5. The van der Waals surface area contributed by atoms with Gasteiger partial charge in [-0.2, -0.15) is 0 Å². The molecule has 0 aromatic heterocycles. The Hall–Kier alpha value is 1.51. The van der Waals surface area contributed by atoms with Crippen LogP contribution in [0, 0.1) is 0 Å². The van der Waals surface area contributed by atoms with Crippen LogP contribution >= 0.6 is 58.2 Å². The number of thioether (sulfide) groups is 1. The summed E-state index contributed by atoms with van der Waals surface area (Å²) in [6.07, 6.45) is 0. The first-order valence-electron chi connectivity index (χ1n) is 2.26. The van der Waals surface area contributed by atoms with Gasteiger partial charge in [-0.25, -0.2) is 0 Å². The van der Waals surface area contributed by atoms with E-state index in [1.807, 2.05) is 0 Å². The number of alkyl halides is 4. The summed E-state index contributed by atoms with van der Waals surface area (Å²) in [5, 5.41) is 0. The summed E-state index contributed by atoms with van der Waals surface area (Å²) >= 11 is 23.4. The second kappa shape index (κ2) is 6.23. The first-order chi connectivity index (χ1) is 4.20. The summed E-state index contributed by atoms with van der Waals surface area (Å²) in [4.78, 5) is 0. The van der Waals surface area contributed by atoms with E-state index in [1.54, 1.807) is 0 Å². The van der Waals surface area contributed by atoms with Gasteiger partial charge in [-0.15, -0.1) is 58.2 Å². The lowest BCUT2D eigenvalue weighted by Crippen LogP contribution is -2.02. The standard InChI is InChI=1S/C4H6Cl4S/c5-1-3(7)9-4(8)2-6/h3-4H,1-2H2. The molecule has 0 aliphatic carbocycles. The van der Waals surface area contributed by atoms with Crippen LogP contribution in [-0.4, -0.2) is 21.2 Å². The van der Waals surface area contributed by atoms with Crippen LogP contribution in [0.3, 0.4) is 0 Å². The molecule has 0 nitrogen and oxygen atoms in total. The van der Waals surface area contributed by atoms with Crippen molar-refractivity contribution in [3.63, 3.8) is 0 Å². The van der Waals surface area contributed by atoms with Crippen LogP contribution in [-0.2, 0) is 0 Å². The molecule has 0 saturated heterocycles. The van der Waals surface area contributed by atoms with E-state index in [1.165, 1.54) is 11.8 Å². The normalized spacial score (nSPS) is 17.3. The molecule has 2 unspecified atom stereocenters. The second-order valence-electron chi connectivity index (χ2n) is 1.26. The van der Waals surface area contributed by atoms with Gasteiger partial charge in [0.1, 0.15) is 0 Å². The molecular weight excluding hydrogens is 222 g/mol. The highest BCUT2D eigenvalue weighted by Gasteiger charge is 2.09. The summed E-state index contributed by atoms with van der Waals surface area (Å²) in [6, 6.07) is 0. The Bertz CT molecular complexity index is 61.6. The maximum Gasteiger partial charge on any atom is 0.0938 e. The van der Waals surface area contributed by atoms with Crippen molar-refractivity contribution in [1.29, 1.82) is 0 Å². The molecule has 0 aromatic carbocycles. The molecule has 0 N–H and O–H groups in total. The zero-order valence-electron chi connectivity index (χ0n) is 4.49. The summed E-state index contributed by atoms with van der Waals surface area (Å²) < 4.78 is -0.263. The van der Waals surface area contributed by atoms with Gasteiger partial charge < -0.3 is 0 Å². The van der Waals surface area contributed by atoms with E-state index in [0.717, 1.165) is 0 Å². The third-order valence-corrected chi connectivity index (χ3v) is 3.69. The average molecular weight is 228 g/mol. The predicted octanol–water partition coefficient (Wildman–Crippen LogP) is 3.33. The molecule has 0 fully saturated rings. The van der Waals surface area contributed by atoms with E-state index in [-0.39, 0.29) is 9.42 Å². The molecule has 56 valence electrons. The van der Waals surface area contributed by atoms with Crippen molar-refractivity contribution >= 4 is 58.2 Å². The third-order valence-electron chi connectivity index (χ3n) is 0.538. The zero-order valence-corrected chi connectivity index (χ0v) is 8.33. The van der Waals surface area contributed by atoms with Crippen molar-refractivity contribution in [3.05, 3.63) is 0 Å². The molecule has 0 rings (SSSR count). The monoisotopic (exact) mass is 226 g/mol. The van der Waals surface area contributed by atoms with Crippen molar-refractivity contribution in [2.75, 3.05) is 11.8 Å². The molecule has 0 aliphatic rings. The molecule has 0 radical (unpaired) electrons. The van der Waals surface area contributed by atoms with Crippen LogP contribution in [0.15, 0.2) is 0 Å². The van der Waals surface area contributed by atoms with Crippen LogP contribution in [0.4, 0.5) is 0 Å². The predicted molar refractivity (Wildman–Crippen MR) is 48.3 cm³/mol. The third kappa shape index (κ3) is 5.93. The van der Waals surface area contributed by atoms with E-state index >= 15 is 0 Å². The number of hydrogen-bond donors (Lipinski definition) is 0. The van der Waals surface area contributed by atoms with E-state index in [0.29, 0.717) is 11.8 Å². The average Bonchev–Trinajstić information content (AvgIpc) is 1.87. The van der Waals surface area contributed by atoms with Gasteiger partial charge in [0.05, 0.1) is 9.42 Å². The Morgan fingerprint density at radius 3 is 1.56 bits per heavy atom. The van der Waals surface area contributed by atoms with Crippen molar-refractivity contribution in [3.8, 4) is 0 Å². The minimum atomic E-state index is -0.132. The first-order valence-corrected chi connectivity index (χ1v) is 5.14. The highest BCUT2D eigenvalue weighted by Crippen LogP contribution is 2.25. The van der Waals surface area contributed by atoms with Gasteiger partial charge in [0, 0.05) is 11.8 Å². The molecule has 9 heavy (non-hydrogen) atoms. The van der Waals surface area contributed by atoms with Crippen molar-refractivity contribution in [2.24, 2.45) is 0 Å². The number of halogens is 4. The quantitative estimate of drug-likeness (QED) is 0.665. The molecule has 2 atom stereocenters. The highest BCUT2D eigenvalue weighted by atomic mass is 35.5. The largest absolute Gasteiger partial charge is 0.124 e. The van der Waals surface area contributed by atoms with E-state index < -0.39 is 0 Å². The van der Waals surface area contributed by atoms with Crippen molar-refractivity contribution in [2.45, 2.75) is 9.42 Å². The fourth-order valence-electron chi connectivity index (χ4n) is 0.233. The molecule has 0 aromatic rings. The van der Waals surface area contributed by atoms with Crippen LogP contribution in [0.25, 0.3) is 0 Å². The topological polar surface area (TPSA) is 0 Å². The van der Waals surface area contributed by atoms with Crippen LogP contribution in [0.5, 0.6) is 0 Å². The molecule has 0 spiro atoms. The molecule has 0 bridgehead atoms. The Labute approximate surface area is 79.2 Å². The number of hydrogen-bond acceptors (Lipinski definition) is 1. The van der Waals surface area contributed by atoms with Gasteiger partial charge in [-0.3, -0.25) is 0 Å². The highest BCUT2D eigenvalue weighted by molar-refractivity contribution is 8.02. The van der Waals surface area contributed by atoms with Crippen LogP contribution in [0.1, 0.15) is 0 Å². The van der Waals surface area contributed by atoms with Gasteiger partial charge in [-0.05, 0) is 0 Å². The summed E-state index contributed by atoms with van der Waals surface area (Å²) in [7, 11) is 0. The van der Waals surface area contributed by atoms with E-state index in [9.17, 15) is 0 Å². The van der Waals surface area contributed by atoms with Gasteiger partial charge in [0.15, 0.2) is 0 Å². The maximum atomic E-state index is 5.63. The minimum absolute atomic E-state index is 0.132. The molecule has 0 heterocycles. The lowest BCUT2D eigenvalue weighted by atomic mass is 10.9. The van der Waals surface area contributed by atoms with Gasteiger partial charge in [0.25, 0.3) is 0 Å². The molecule has 0 aliphatic heterocycles. The van der Waals surface area contributed by atoms with Crippen LogP contribution < -0.4 is 0 Å². The Morgan fingerprint density at radius 1 is 1.00 bits per heavy atom. The van der Waals surface area contributed by atoms with Gasteiger partial charge in [-0.1, -0.05) is 0 Å². The molecular formula is C4H6Cl4S.